The maximum absolute atomic E-state index is 12.9. The lowest BCUT2D eigenvalue weighted by Crippen LogP contribution is -2.31. The van der Waals surface area contributed by atoms with E-state index in [1.54, 1.807) is 17.0 Å². The van der Waals surface area contributed by atoms with Crippen molar-refractivity contribution in [2.75, 3.05) is 6.54 Å². The van der Waals surface area contributed by atoms with Crippen molar-refractivity contribution in [1.82, 2.24) is 15.2 Å². The Hall–Kier alpha value is -3.47. The summed E-state index contributed by atoms with van der Waals surface area (Å²) in [6.45, 7) is 5.46. The second-order valence-electron chi connectivity index (χ2n) is 6.84. The molecule has 0 aliphatic heterocycles. The van der Waals surface area contributed by atoms with E-state index in [4.69, 9.17) is 0 Å². The number of pyridine rings is 1. The maximum atomic E-state index is 12.9. The zero-order chi connectivity index (χ0) is 20.6. The zero-order valence-corrected chi connectivity index (χ0v) is 16.8. The summed E-state index contributed by atoms with van der Waals surface area (Å²) in [5.74, 6) is -0.416. The molecule has 0 saturated heterocycles. The van der Waals surface area contributed by atoms with Crippen molar-refractivity contribution in [3.05, 3.63) is 101 Å². The number of carbonyl (C=O) groups is 2. The van der Waals surface area contributed by atoms with Crippen molar-refractivity contribution in [2.45, 2.75) is 26.9 Å². The Labute approximate surface area is 171 Å². The molecule has 0 aliphatic rings. The minimum Gasteiger partial charge on any atom is -0.347 e. The highest BCUT2D eigenvalue weighted by atomic mass is 16.2. The third-order valence-electron chi connectivity index (χ3n) is 4.83. The number of carbonyl (C=O) groups excluding carboxylic acids is 2. The number of rotatable bonds is 7. The van der Waals surface area contributed by atoms with E-state index < -0.39 is 0 Å². The second kappa shape index (κ2) is 9.64. The number of amides is 2. The molecule has 3 rings (SSSR count). The van der Waals surface area contributed by atoms with Crippen molar-refractivity contribution < 1.29 is 9.59 Å². The topological polar surface area (TPSA) is 62.3 Å². The van der Waals surface area contributed by atoms with Crippen LogP contribution in [0.25, 0.3) is 0 Å². The summed E-state index contributed by atoms with van der Waals surface area (Å²) in [5.41, 5.74) is 3.92. The Morgan fingerprint density at radius 3 is 2.45 bits per heavy atom. The molecule has 0 unspecified atom stereocenters. The molecule has 0 saturated carbocycles. The molecule has 2 amide bonds. The summed E-state index contributed by atoms with van der Waals surface area (Å²) in [5, 5.41) is 2.88. The summed E-state index contributed by atoms with van der Waals surface area (Å²) in [7, 11) is 0. The molecule has 0 bridgehead atoms. The molecule has 5 heteroatoms. The van der Waals surface area contributed by atoms with E-state index in [9.17, 15) is 9.59 Å². The van der Waals surface area contributed by atoms with E-state index in [0.717, 1.165) is 16.7 Å². The number of aryl methyl sites for hydroxylation is 1. The van der Waals surface area contributed by atoms with E-state index in [1.165, 1.54) is 6.20 Å². The van der Waals surface area contributed by atoms with Crippen LogP contribution < -0.4 is 5.32 Å². The summed E-state index contributed by atoms with van der Waals surface area (Å²) in [4.78, 5) is 31.4. The van der Waals surface area contributed by atoms with Crippen LogP contribution in [0.3, 0.4) is 0 Å². The molecular weight excluding hydrogens is 362 g/mol. The van der Waals surface area contributed by atoms with Gasteiger partial charge in [0, 0.05) is 31.4 Å². The first-order chi connectivity index (χ1) is 14.1. The van der Waals surface area contributed by atoms with Crippen LogP contribution in [0.1, 0.15) is 44.5 Å². The molecule has 0 radical (unpaired) electrons. The molecule has 1 N–H and O–H groups in total. The van der Waals surface area contributed by atoms with Gasteiger partial charge in [-0.2, -0.15) is 0 Å². The third kappa shape index (κ3) is 5.29. The van der Waals surface area contributed by atoms with Gasteiger partial charge in [0.1, 0.15) is 5.69 Å². The first-order valence-electron chi connectivity index (χ1n) is 9.70. The fraction of sp³-hybridized carbons (Fsp3) is 0.208. The largest absolute Gasteiger partial charge is 0.347 e. The first kappa shape index (κ1) is 20.3. The lowest BCUT2D eigenvalue weighted by Gasteiger charge is -2.21. The van der Waals surface area contributed by atoms with Crippen molar-refractivity contribution in [3.63, 3.8) is 0 Å². The van der Waals surface area contributed by atoms with Crippen LogP contribution in [0, 0.1) is 6.92 Å². The van der Waals surface area contributed by atoms with Gasteiger partial charge in [-0.15, -0.1) is 0 Å². The van der Waals surface area contributed by atoms with Gasteiger partial charge in [0.05, 0.1) is 0 Å². The fourth-order valence-corrected chi connectivity index (χ4v) is 3.08. The van der Waals surface area contributed by atoms with Gasteiger partial charge >= 0.3 is 0 Å². The van der Waals surface area contributed by atoms with E-state index >= 15 is 0 Å². The molecule has 0 spiro atoms. The van der Waals surface area contributed by atoms with E-state index in [1.807, 2.05) is 68.4 Å². The van der Waals surface area contributed by atoms with E-state index in [0.29, 0.717) is 25.2 Å². The molecule has 0 atom stereocenters. The number of hydrogen-bond donors (Lipinski definition) is 1. The molecule has 29 heavy (non-hydrogen) atoms. The van der Waals surface area contributed by atoms with Crippen LogP contribution in [0.2, 0.25) is 0 Å². The van der Waals surface area contributed by atoms with Crippen molar-refractivity contribution >= 4 is 11.8 Å². The summed E-state index contributed by atoms with van der Waals surface area (Å²) < 4.78 is 0. The summed E-state index contributed by atoms with van der Waals surface area (Å²) >= 11 is 0. The standard InChI is InChI=1S/C24H25N3O2/c1-3-27(17-19-10-5-4-6-11-19)24(29)20-13-14-25-22(15-20)23(28)26-16-21-12-8-7-9-18(21)2/h4-15H,3,16-17H2,1-2H3,(H,26,28). The molecule has 1 aromatic heterocycles. The monoisotopic (exact) mass is 387 g/mol. The van der Waals surface area contributed by atoms with Crippen LogP contribution in [-0.4, -0.2) is 28.2 Å². The molecule has 0 aliphatic carbocycles. The van der Waals surface area contributed by atoms with Crippen LogP contribution in [0.4, 0.5) is 0 Å². The Morgan fingerprint density at radius 1 is 1.00 bits per heavy atom. The molecule has 148 valence electrons. The van der Waals surface area contributed by atoms with Crippen LogP contribution in [0.15, 0.2) is 72.9 Å². The van der Waals surface area contributed by atoms with Crippen LogP contribution >= 0.6 is 0 Å². The van der Waals surface area contributed by atoms with Crippen molar-refractivity contribution in [3.8, 4) is 0 Å². The molecular formula is C24H25N3O2. The van der Waals surface area contributed by atoms with Gasteiger partial charge in [-0.3, -0.25) is 14.6 Å². The average Bonchev–Trinajstić information content (AvgIpc) is 2.77. The Kier molecular flexibility index (Phi) is 6.74. The molecule has 3 aromatic rings. The van der Waals surface area contributed by atoms with Crippen molar-refractivity contribution in [2.24, 2.45) is 0 Å². The van der Waals surface area contributed by atoms with Crippen LogP contribution in [0.5, 0.6) is 0 Å². The predicted molar refractivity (Wildman–Crippen MR) is 113 cm³/mol. The Bertz CT molecular complexity index is 986. The lowest BCUT2D eigenvalue weighted by molar-refractivity contribution is 0.0752. The van der Waals surface area contributed by atoms with Gasteiger partial charge in [-0.25, -0.2) is 0 Å². The smallest absolute Gasteiger partial charge is 0.270 e. The SMILES string of the molecule is CCN(Cc1ccccc1)C(=O)c1ccnc(C(=O)NCc2ccccc2C)c1. The number of nitrogens with one attached hydrogen (secondary N) is 1. The Morgan fingerprint density at radius 2 is 1.72 bits per heavy atom. The van der Waals surface area contributed by atoms with Gasteiger partial charge in [-0.05, 0) is 42.7 Å². The number of nitrogens with zero attached hydrogens (tertiary/aromatic N) is 2. The van der Waals surface area contributed by atoms with E-state index in [-0.39, 0.29) is 17.5 Å². The van der Waals surface area contributed by atoms with Crippen molar-refractivity contribution in [1.29, 1.82) is 0 Å². The highest BCUT2D eigenvalue weighted by molar-refractivity contribution is 5.98. The lowest BCUT2D eigenvalue weighted by atomic mass is 10.1. The van der Waals surface area contributed by atoms with E-state index in [2.05, 4.69) is 10.3 Å². The average molecular weight is 387 g/mol. The van der Waals surface area contributed by atoms with Gasteiger partial charge in [-0.1, -0.05) is 54.6 Å². The van der Waals surface area contributed by atoms with Gasteiger partial charge in [0.15, 0.2) is 0 Å². The minimum atomic E-state index is -0.297. The Balaban J connectivity index is 1.69. The predicted octanol–water partition coefficient (Wildman–Crippen LogP) is 3.98. The summed E-state index contributed by atoms with van der Waals surface area (Å²) in [6.07, 6.45) is 1.51. The maximum Gasteiger partial charge on any atom is 0.270 e. The van der Waals surface area contributed by atoms with Crippen LogP contribution in [-0.2, 0) is 13.1 Å². The number of hydrogen-bond acceptors (Lipinski definition) is 3. The molecule has 5 nitrogen and oxygen atoms in total. The number of benzene rings is 2. The minimum absolute atomic E-state index is 0.119. The normalized spacial score (nSPS) is 10.4. The highest BCUT2D eigenvalue weighted by Gasteiger charge is 2.17. The zero-order valence-electron chi connectivity index (χ0n) is 16.8. The molecule has 0 fully saturated rings. The quantitative estimate of drug-likeness (QED) is 0.667. The van der Waals surface area contributed by atoms with Gasteiger partial charge < -0.3 is 10.2 Å². The first-order valence-corrected chi connectivity index (χ1v) is 9.70. The second-order valence-corrected chi connectivity index (χ2v) is 6.84. The molecule has 2 aromatic carbocycles. The number of aromatic nitrogens is 1. The third-order valence-corrected chi connectivity index (χ3v) is 4.83. The van der Waals surface area contributed by atoms with Gasteiger partial charge in [0.25, 0.3) is 11.8 Å². The summed E-state index contributed by atoms with van der Waals surface area (Å²) in [6, 6.07) is 20.9. The highest BCUT2D eigenvalue weighted by Crippen LogP contribution is 2.12. The fourth-order valence-electron chi connectivity index (χ4n) is 3.08. The molecule has 1 heterocycles. The van der Waals surface area contributed by atoms with Gasteiger partial charge in [0.2, 0.25) is 0 Å².